The van der Waals surface area contributed by atoms with E-state index in [1.54, 1.807) is 30.3 Å². The molecule has 1 heterocycles. The van der Waals surface area contributed by atoms with Crippen molar-refractivity contribution in [3.8, 4) is 0 Å². The molecule has 1 saturated heterocycles. The predicted molar refractivity (Wildman–Crippen MR) is 150 cm³/mol. The van der Waals surface area contributed by atoms with E-state index in [-0.39, 0.29) is 19.8 Å². The highest BCUT2D eigenvalue weighted by atomic mass is 31.2. The molecule has 4 aromatic rings. The van der Waals surface area contributed by atoms with Crippen molar-refractivity contribution in [1.82, 2.24) is 0 Å². The van der Waals surface area contributed by atoms with Gasteiger partial charge in [0.25, 0.3) is 7.37 Å². The fourth-order valence-electron chi connectivity index (χ4n) is 4.62. The van der Waals surface area contributed by atoms with Crippen molar-refractivity contribution in [2.75, 3.05) is 6.61 Å². The second kappa shape index (κ2) is 13.3. The number of hydrogen-bond acceptors (Lipinski definition) is 5. The van der Waals surface area contributed by atoms with Gasteiger partial charge in [-0.3, -0.25) is 4.57 Å². The molecule has 7 heteroatoms. The zero-order valence-corrected chi connectivity index (χ0v) is 22.4. The maximum atomic E-state index is 16.4. The third kappa shape index (κ3) is 6.91. The van der Waals surface area contributed by atoms with Crippen molar-refractivity contribution < 1.29 is 27.7 Å². The Labute approximate surface area is 229 Å². The molecule has 202 valence electrons. The van der Waals surface area contributed by atoms with Gasteiger partial charge in [-0.25, -0.2) is 4.39 Å². The first kappa shape index (κ1) is 27.4. The van der Waals surface area contributed by atoms with E-state index in [9.17, 15) is 4.57 Å². The number of benzene rings is 4. The first-order valence-corrected chi connectivity index (χ1v) is 14.7. The highest BCUT2D eigenvalue weighted by molar-refractivity contribution is 7.67. The van der Waals surface area contributed by atoms with Crippen LogP contribution in [0.25, 0.3) is 0 Å². The van der Waals surface area contributed by atoms with Gasteiger partial charge in [0.05, 0.1) is 26.4 Å². The molecule has 0 saturated carbocycles. The van der Waals surface area contributed by atoms with Crippen LogP contribution in [0.3, 0.4) is 0 Å². The second-order valence-electron chi connectivity index (χ2n) is 9.47. The smallest absolute Gasteiger partial charge is 0.268 e. The van der Waals surface area contributed by atoms with Crippen LogP contribution in [0.1, 0.15) is 16.7 Å². The Morgan fingerprint density at radius 3 is 1.56 bits per heavy atom. The Bertz CT molecular complexity index is 1320. The van der Waals surface area contributed by atoms with Gasteiger partial charge in [0.15, 0.2) is 0 Å². The molecule has 0 N–H and O–H groups in total. The molecule has 1 aliphatic heterocycles. The maximum Gasteiger partial charge on any atom is 0.268 e. The van der Waals surface area contributed by atoms with Gasteiger partial charge in [-0.1, -0.05) is 109 Å². The maximum absolute atomic E-state index is 16.4. The van der Waals surface area contributed by atoms with E-state index in [0.717, 1.165) is 16.7 Å². The Hall–Kier alpha value is -3.12. The molecule has 0 unspecified atom stereocenters. The zero-order valence-electron chi connectivity index (χ0n) is 21.6. The van der Waals surface area contributed by atoms with E-state index < -0.39 is 31.6 Å². The number of ether oxygens (including phenoxy) is 3. The molecule has 0 spiro atoms. The van der Waals surface area contributed by atoms with Gasteiger partial charge in [-0.2, -0.15) is 0 Å². The summed E-state index contributed by atoms with van der Waals surface area (Å²) in [5.74, 6) is -1.92. The molecule has 1 fully saturated rings. The van der Waals surface area contributed by atoms with E-state index in [0.29, 0.717) is 11.9 Å². The van der Waals surface area contributed by atoms with Gasteiger partial charge >= 0.3 is 0 Å². The van der Waals surface area contributed by atoms with Gasteiger partial charge in [0, 0.05) is 5.30 Å². The second-order valence-corrected chi connectivity index (χ2v) is 11.9. The van der Waals surface area contributed by atoms with Crippen LogP contribution >= 0.6 is 7.37 Å². The molecule has 0 aromatic heterocycles. The first-order valence-electron chi connectivity index (χ1n) is 13.0. The standard InChI is InChI=1S/C32H32FO5P/c33-32-31(37-23-27-17-9-3-10-18-27)30(36-22-26-15-7-2-8-16-26)29(24-35-21-25-13-5-1-6-14-25)38-39(32,34)28-19-11-4-12-20-28/h1-20,29-32H,21-24H2/t29-,30-,31+,32+,39+/m1/s1. The van der Waals surface area contributed by atoms with E-state index >= 15 is 4.39 Å². The summed E-state index contributed by atoms with van der Waals surface area (Å²) in [6.07, 6.45) is -2.82. The quantitative estimate of drug-likeness (QED) is 0.197. The first-order chi connectivity index (χ1) is 19.1. The normalized spacial score (nSPS) is 24.8. The fourth-order valence-corrected chi connectivity index (χ4v) is 6.96. The molecule has 1 aliphatic rings. The minimum Gasteiger partial charge on any atom is -0.374 e. The highest BCUT2D eigenvalue weighted by Crippen LogP contribution is 2.58. The van der Waals surface area contributed by atoms with Crippen LogP contribution in [0.4, 0.5) is 4.39 Å². The average Bonchev–Trinajstić information content (AvgIpc) is 2.99. The van der Waals surface area contributed by atoms with Crippen LogP contribution in [0.15, 0.2) is 121 Å². The molecule has 0 radical (unpaired) electrons. The Balaban J connectivity index is 1.43. The van der Waals surface area contributed by atoms with Crippen molar-refractivity contribution in [3.05, 3.63) is 138 Å². The lowest BCUT2D eigenvalue weighted by atomic mass is 10.1. The van der Waals surface area contributed by atoms with Crippen LogP contribution in [-0.2, 0) is 43.1 Å². The molecule has 5 nitrogen and oxygen atoms in total. The Morgan fingerprint density at radius 1 is 0.615 bits per heavy atom. The molecule has 0 amide bonds. The number of halogens is 1. The van der Waals surface area contributed by atoms with Crippen LogP contribution in [0.2, 0.25) is 0 Å². The summed E-state index contributed by atoms with van der Waals surface area (Å²) in [4.78, 5) is 0. The molecule has 5 atom stereocenters. The number of alkyl halides is 1. The van der Waals surface area contributed by atoms with Gasteiger partial charge in [0.1, 0.15) is 18.3 Å². The van der Waals surface area contributed by atoms with Crippen LogP contribution < -0.4 is 5.30 Å². The molecular weight excluding hydrogens is 514 g/mol. The lowest BCUT2D eigenvalue weighted by Crippen LogP contribution is -2.54. The lowest BCUT2D eigenvalue weighted by Gasteiger charge is -2.43. The summed E-state index contributed by atoms with van der Waals surface area (Å²) in [6, 6.07) is 37.4. The molecule has 5 rings (SSSR count). The van der Waals surface area contributed by atoms with E-state index in [4.69, 9.17) is 18.7 Å². The van der Waals surface area contributed by atoms with E-state index in [1.165, 1.54) is 0 Å². The van der Waals surface area contributed by atoms with Crippen molar-refractivity contribution in [3.63, 3.8) is 0 Å². The monoisotopic (exact) mass is 546 g/mol. The largest absolute Gasteiger partial charge is 0.374 e. The van der Waals surface area contributed by atoms with Crippen molar-refractivity contribution in [1.29, 1.82) is 0 Å². The van der Waals surface area contributed by atoms with Gasteiger partial charge < -0.3 is 18.7 Å². The third-order valence-corrected chi connectivity index (χ3v) is 9.20. The Morgan fingerprint density at radius 2 is 1.05 bits per heavy atom. The van der Waals surface area contributed by atoms with Crippen molar-refractivity contribution >= 4 is 12.7 Å². The van der Waals surface area contributed by atoms with Gasteiger partial charge in [-0.05, 0) is 28.8 Å². The number of hydrogen-bond donors (Lipinski definition) is 0. The summed E-state index contributed by atoms with van der Waals surface area (Å²) in [5, 5.41) is 0.306. The SMILES string of the molecule is O=[P@@]1(c2ccccc2)O[C@H](COCc2ccccc2)[C@@H](OCc2ccccc2)[C@H](OCc2ccccc2)[C@H]1F. The third-order valence-electron chi connectivity index (χ3n) is 6.66. The minimum atomic E-state index is -3.99. The van der Waals surface area contributed by atoms with Crippen molar-refractivity contribution in [2.45, 2.75) is 44.0 Å². The van der Waals surface area contributed by atoms with Gasteiger partial charge in [-0.15, -0.1) is 0 Å². The minimum absolute atomic E-state index is 0.0586. The summed E-state index contributed by atoms with van der Waals surface area (Å²) >= 11 is 0. The molecule has 39 heavy (non-hydrogen) atoms. The molecule has 0 bridgehead atoms. The summed E-state index contributed by atoms with van der Waals surface area (Å²) < 4.78 is 55.3. The summed E-state index contributed by atoms with van der Waals surface area (Å²) in [5.41, 5.74) is 2.79. The summed E-state index contributed by atoms with van der Waals surface area (Å²) in [7, 11) is -3.99. The van der Waals surface area contributed by atoms with E-state index in [2.05, 4.69) is 0 Å². The molecule has 0 aliphatic carbocycles. The molecular formula is C32H32FO5P. The molecule has 4 aromatic carbocycles. The predicted octanol–water partition coefficient (Wildman–Crippen LogP) is 6.67. The van der Waals surface area contributed by atoms with Gasteiger partial charge in [0.2, 0.25) is 5.91 Å². The Kier molecular flexibility index (Phi) is 9.36. The van der Waals surface area contributed by atoms with Crippen LogP contribution in [0, 0.1) is 0 Å². The topological polar surface area (TPSA) is 54.0 Å². The van der Waals surface area contributed by atoms with Crippen LogP contribution in [0.5, 0.6) is 0 Å². The lowest BCUT2D eigenvalue weighted by molar-refractivity contribution is -0.164. The average molecular weight is 547 g/mol. The summed E-state index contributed by atoms with van der Waals surface area (Å²) in [6.45, 7) is 0.751. The highest BCUT2D eigenvalue weighted by Gasteiger charge is 2.55. The van der Waals surface area contributed by atoms with Crippen molar-refractivity contribution in [2.24, 2.45) is 0 Å². The number of rotatable bonds is 11. The fraction of sp³-hybridized carbons (Fsp3) is 0.250. The zero-order chi connectivity index (χ0) is 26.9. The van der Waals surface area contributed by atoms with Crippen LogP contribution in [-0.4, -0.2) is 30.8 Å². The van der Waals surface area contributed by atoms with E-state index in [1.807, 2.05) is 91.0 Å².